The van der Waals surface area contributed by atoms with Crippen molar-refractivity contribution in [1.82, 2.24) is 5.32 Å². The maximum atomic E-state index is 13.1. The Labute approximate surface area is 167 Å². The second-order valence-electron chi connectivity index (χ2n) is 6.45. The third-order valence-electron chi connectivity index (χ3n) is 4.53. The molecule has 0 saturated carbocycles. The zero-order valence-corrected chi connectivity index (χ0v) is 15.7. The molecule has 28 heavy (non-hydrogen) atoms. The van der Waals surface area contributed by atoms with E-state index in [-0.39, 0.29) is 18.4 Å². The second-order valence-corrected chi connectivity index (χ2v) is 6.89. The van der Waals surface area contributed by atoms with E-state index in [4.69, 9.17) is 11.6 Å². The van der Waals surface area contributed by atoms with Crippen molar-refractivity contribution in [1.29, 1.82) is 0 Å². The van der Waals surface area contributed by atoms with Crippen LogP contribution in [0.5, 0.6) is 0 Å². The number of hydrogen-bond donors (Lipinski definition) is 2. The lowest BCUT2D eigenvalue weighted by Crippen LogP contribution is -2.35. The molecular weight excluding hydrogens is 374 g/mol. The van der Waals surface area contributed by atoms with Gasteiger partial charge in [-0.1, -0.05) is 54.1 Å². The molecule has 0 fully saturated rings. The van der Waals surface area contributed by atoms with Crippen LogP contribution in [-0.2, 0) is 11.3 Å². The summed E-state index contributed by atoms with van der Waals surface area (Å²) in [6.07, 6.45) is 0. The summed E-state index contributed by atoms with van der Waals surface area (Å²) >= 11 is 6.10. The van der Waals surface area contributed by atoms with E-state index in [9.17, 15) is 9.59 Å². The van der Waals surface area contributed by atoms with Gasteiger partial charge in [0.25, 0.3) is 5.91 Å². The van der Waals surface area contributed by atoms with E-state index in [2.05, 4.69) is 10.6 Å². The van der Waals surface area contributed by atoms with E-state index < -0.39 is 0 Å². The Morgan fingerprint density at radius 2 is 1.71 bits per heavy atom. The maximum absolute atomic E-state index is 13.1. The largest absolute Gasteiger partial charge is 0.320 e. The summed E-state index contributed by atoms with van der Waals surface area (Å²) in [4.78, 5) is 27.4. The van der Waals surface area contributed by atoms with Crippen molar-refractivity contribution in [2.45, 2.75) is 6.54 Å². The number of amides is 2. The number of nitrogens with zero attached hydrogens (tertiary/aromatic N) is 1. The van der Waals surface area contributed by atoms with E-state index in [0.29, 0.717) is 34.2 Å². The molecule has 0 aromatic heterocycles. The van der Waals surface area contributed by atoms with E-state index in [1.54, 1.807) is 41.3 Å². The zero-order valence-electron chi connectivity index (χ0n) is 15.0. The molecule has 5 nitrogen and oxygen atoms in total. The number of para-hydroxylation sites is 1. The van der Waals surface area contributed by atoms with E-state index in [1.165, 1.54) is 0 Å². The van der Waals surface area contributed by atoms with Crippen LogP contribution in [0.1, 0.15) is 15.9 Å². The van der Waals surface area contributed by atoms with Gasteiger partial charge in [-0.25, -0.2) is 0 Å². The lowest BCUT2D eigenvalue weighted by molar-refractivity contribution is -0.117. The maximum Gasteiger partial charge on any atom is 0.257 e. The van der Waals surface area contributed by atoms with Crippen molar-refractivity contribution in [3.05, 3.63) is 88.9 Å². The molecule has 1 heterocycles. The van der Waals surface area contributed by atoms with Crippen molar-refractivity contribution in [3.8, 4) is 0 Å². The Kier molecular flexibility index (Phi) is 5.10. The number of halogens is 1. The SMILES string of the molecule is O=C1Nc2cc(Cl)ccc2N(C(=O)CNCc2ccccc2)c2ccccc21. The highest BCUT2D eigenvalue weighted by Crippen LogP contribution is 2.39. The van der Waals surface area contributed by atoms with Gasteiger partial charge in [-0.15, -0.1) is 0 Å². The summed E-state index contributed by atoms with van der Waals surface area (Å²) in [5.41, 5.74) is 3.17. The van der Waals surface area contributed by atoms with Crippen LogP contribution in [-0.4, -0.2) is 18.4 Å². The van der Waals surface area contributed by atoms with E-state index in [0.717, 1.165) is 5.56 Å². The Bertz CT molecular complexity index is 1040. The third-order valence-corrected chi connectivity index (χ3v) is 4.77. The number of benzene rings is 3. The minimum absolute atomic E-state index is 0.124. The molecule has 3 aromatic carbocycles. The summed E-state index contributed by atoms with van der Waals surface area (Å²) in [5.74, 6) is -0.435. The van der Waals surface area contributed by atoms with Gasteiger partial charge in [-0.3, -0.25) is 14.5 Å². The molecule has 140 valence electrons. The van der Waals surface area contributed by atoms with Crippen LogP contribution in [0.4, 0.5) is 17.1 Å². The first-order valence-electron chi connectivity index (χ1n) is 8.91. The highest BCUT2D eigenvalue weighted by Gasteiger charge is 2.29. The van der Waals surface area contributed by atoms with Gasteiger partial charge in [-0.2, -0.15) is 0 Å². The first kappa shape index (κ1) is 18.2. The minimum atomic E-state index is -0.272. The Morgan fingerprint density at radius 3 is 2.54 bits per heavy atom. The van der Waals surface area contributed by atoms with Crippen LogP contribution in [0.25, 0.3) is 0 Å². The monoisotopic (exact) mass is 391 g/mol. The van der Waals surface area contributed by atoms with Crippen molar-refractivity contribution >= 4 is 40.5 Å². The molecule has 4 rings (SSSR count). The molecule has 0 saturated heterocycles. The number of hydrogen-bond acceptors (Lipinski definition) is 3. The molecule has 1 aliphatic rings. The van der Waals surface area contributed by atoms with Crippen LogP contribution in [0.2, 0.25) is 5.02 Å². The number of carbonyl (C=O) groups excluding carboxylic acids is 2. The zero-order chi connectivity index (χ0) is 19.5. The first-order chi connectivity index (χ1) is 13.6. The van der Waals surface area contributed by atoms with Crippen LogP contribution in [0, 0.1) is 0 Å². The average molecular weight is 392 g/mol. The molecule has 0 spiro atoms. The van der Waals surface area contributed by atoms with E-state index in [1.807, 2.05) is 36.4 Å². The number of rotatable bonds is 4. The molecule has 6 heteroatoms. The molecule has 0 unspecified atom stereocenters. The summed E-state index contributed by atoms with van der Waals surface area (Å²) in [5, 5.41) is 6.52. The number of anilines is 3. The minimum Gasteiger partial charge on any atom is -0.320 e. The van der Waals surface area contributed by atoms with Gasteiger partial charge >= 0.3 is 0 Å². The summed E-state index contributed by atoms with van der Waals surface area (Å²) < 4.78 is 0. The molecule has 2 amide bonds. The van der Waals surface area contributed by atoms with Crippen LogP contribution in [0.15, 0.2) is 72.8 Å². The smallest absolute Gasteiger partial charge is 0.257 e. The van der Waals surface area contributed by atoms with Crippen molar-refractivity contribution in [2.75, 3.05) is 16.8 Å². The van der Waals surface area contributed by atoms with Gasteiger partial charge in [0.05, 0.1) is 29.2 Å². The Balaban J connectivity index is 1.65. The average Bonchev–Trinajstić information content (AvgIpc) is 2.82. The highest BCUT2D eigenvalue weighted by atomic mass is 35.5. The first-order valence-corrected chi connectivity index (χ1v) is 9.29. The van der Waals surface area contributed by atoms with Gasteiger partial charge in [0.15, 0.2) is 0 Å². The van der Waals surface area contributed by atoms with Gasteiger partial charge < -0.3 is 10.6 Å². The van der Waals surface area contributed by atoms with Gasteiger partial charge in [0.2, 0.25) is 5.91 Å². The summed E-state index contributed by atoms with van der Waals surface area (Å²) in [7, 11) is 0. The summed E-state index contributed by atoms with van der Waals surface area (Å²) in [6, 6.07) is 22.0. The number of fused-ring (bicyclic) bond motifs is 2. The predicted octanol–water partition coefficient (Wildman–Crippen LogP) is 4.36. The molecule has 0 atom stereocenters. The Morgan fingerprint density at radius 1 is 0.964 bits per heavy atom. The number of carbonyl (C=O) groups is 2. The molecule has 0 bridgehead atoms. The van der Waals surface area contributed by atoms with Crippen molar-refractivity contribution in [2.24, 2.45) is 0 Å². The van der Waals surface area contributed by atoms with Gasteiger partial charge in [-0.05, 0) is 35.9 Å². The van der Waals surface area contributed by atoms with E-state index >= 15 is 0 Å². The molecule has 0 radical (unpaired) electrons. The van der Waals surface area contributed by atoms with Crippen LogP contribution in [0.3, 0.4) is 0 Å². The fourth-order valence-corrected chi connectivity index (χ4v) is 3.41. The second kappa shape index (κ2) is 7.84. The third kappa shape index (κ3) is 3.63. The van der Waals surface area contributed by atoms with Gasteiger partial charge in [0.1, 0.15) is 0 Å². The number of nitrogens with one attached hydrogen (secondary N) is 2. The predicted molar refractivity (Wildman–Crippen MR) is 111 cm³/mol. The standard InChI is InChI=1S/C22H18ClN3O2/c23-16-10-11-20-18(12-16)25-22(28)17-8-4-5-9-19(17)26(20)21(27)14-24-13-15-6-2-1-3-7-15/h1-12,24H,13-14H2,(H,25,28). The Hall–Kier alpha value is -3.15. The fraction of sp³-hybridized carbons (Fsp3) is 0.0909. The molecule has 2 N–H and O–H groups in total. The van der Waals surface area contributed by atoms with Crippen LogP contribution < -0.4 is 15.5 Å². The fourth-order valence-electron chi connectivity index (χ4n) is 3.24. The topological polar surface area (TPSA) is 61.4 Å². The normalized spacial score (nSPS) is 12.6. The molecular formula is C22H18ClN3O2. The van der Waals surface area contributed by atoms with Gasteiger partial charge in [0, 0.05) is 11.6 Å². The van der Waals surface area contributed by atoms with Crippen molar-refractivity contribution in [3.63, 3.8) is 0 Å². The van der Waals surface area contributed by atoms with Crippen molar-refractivity contribution < 1.29 is 9.59 Å². The van der Waals surface area contributed by atoms with Crippen LogP contribution >= 0.6 is 11.6 Å². The molecule has 0 aliphatic carbocycles. The molecule has 3 aromatic rings. The highest BCUT2D eigenvalue weighted by molar-refractivity contribution is 6.31. The lowest BCUT2D eigenvalue weighted by atomic mass is 10.1. The lowest BCUT2D eigenvalue weighted by Gasteiger charge is -2.24. The quantitative estimate of drug-likeness (QED) is 0.694. The summed E-state index contributed by atoms with van der Waals surface area (Å²) in [6.45, 7) is 0.701. The molecule has 1 aliphatic heterocycles.